The molecule has 1 amide bonds. The zero-order valence-electron chi connectivity index (χ0n) is 14.9. The Balaban J connectivity index is 1.80. The molecule has 25 heavy (non-hydrogen) atoms. The Morgan fingerprint density at radius 1 is 1.36 bits per heavy atom. The fraction of sp³-hybridized carbons (Fsp3) is 0.579. The highest BCUT2D eigenvalue weighted by Gasteiger charge is 2.35. The zero-order chi connectivity index (χ0) is 18.3. The van der Waals surface area contributed by atoms with Crippen LogP contribution in [0.15, 0.2) is 24.3 Å². The van der Waals surface area contributed by atoms with Gasteiger partial charge >= 0.3 is 0 Å². The molecule has 0 heterocycles. The van der Waals surface area contributed by atoms with Gasteiger partial charge in [0.2, 0.25) is 5.91 Å². The van der Waals surface area contributed by atoms with Gasteiger partial charge in [0, 0.05) is 11.6 Å². The quantitative estimate of drug-likeness (QED) is 0.806. The van der Waals surface area contributed by atoms with E-state index in [0.29, 0.717) is 18.2 Å². The van der Waals surface area contributed by atoms with Crippen molar-refractivity contribution in [3.8, 4) is 11.8 Å². The summed E-state index contributed by atoms with van der Waals surface area (Å²) in [5, 5.41) is 13.1. The summed E-state index contributed by atoms with van der Waals surface area (Å²) in [6, 6.07) is 9.20. The summed E-state index contributed by atoms with van der Waals surface area (Å²) in [4.78, 5) is 14.5. The predicted octanol–water partition coefficient (Wildman–Crippen LogP) is 3.38. The van der Waals surface area contributed by atoms with E-state index >= 15 is 0 Å². The summed E-state index contributed by atoms with van der Waals surface area (Å²) >= 11 is 5.84. The van der Waals surface area contributed by atoms with Crippen molar-refractivity contribution in [3.63, 3.8) is 0 Å². The second-order valence-electron chi connectivity index (χ2n) is 6.70. The molecule has 1 aromatic carbocycles. The average molecular weight is 364 g/mol. The van der Waals surface area contributed by atoms with Crippen molar-refractivity contribution in [2.24, 2.45) is 0 Å². The van der Waals surface area contributed by atoms with Crippen LogP contribution in [-0.4, -0.2) is 42.6 Å². The van der Waals surface area contributed by atoms with Crippen molar-refractivity contribution in [2.45, 2.75) is 50.6 Å². The first-order chi connectivity index (χ1) is 12.0. The Kier molecular flexibility index (Phi) is 7.10. The number of nitriles is 1. The number of amides is 1. The normalized spacial score (nSPS) is 17.6. The Morgan fingerprint density at radius 3 is 2.60 bits per heavy atom. The highest BCUT2D eigenvalue weighted by molar-refractivity contribution is 6.30. The number of rotatable bonds is 7. The van der Waals surface area contributed by atoms with Crippen LogP contribution in [0.3, 0.4) is 0 Å². The first-order valence-corrected chi connectivity index (χ1v) is 9.15. The molecule has 1 aliphatic rings. The SMILES string of the molecule is C[C@H](C(=O)NC1(C#N)CCCCC1)N(C)CCOc1ccc(Cl)cc1. The molecule has 0 spiro atoms. The molecular formula is C19H26ClN3O2. The molecule has 0 radical (unpaired) electrons. The van der Waals surface area contributed by atoms with Crippen molar-refractivity contribution in [1.29, 1.82) is 5.26 Å². The third-order valence-electron chi connectivity index (χ3n) is 4.85. The van der Waals surface area contributed by atoms with E-state index in [9.17, 15) is 10.1 Å². The molecule has 136 valence electrons. The second kappa shape index (κ2) is 9.07. The molecule has 6 heteroatoms. The molecule has 2 rings (SSSR count). The number of carbonyl (C=O) groups is 1. The van der Waals surface area contributed by atoms with Crippen molar-refractivity contribution < 1.29 is 9.53 Å². The molecule has 0 aliphatic heterocycles. The highest BCUT2D eigenvalue weighted by Crippen LogP contribution is 2.27. The van der Waals surface area contributed by atoms with Crippen LogP contribution in [0.4, 0.5) is 0 Å². The van der Waals surface area contributed by atoms with Gasteiger partial charge in [0.05, 0.1) is 12.1 Å². The number of likely N-dealkylation sites (N-methyl/N-ethyl adjacent to an activating group) is 1. The van der Waals surface area contributed by atoms with Gasteiger partial charge in [-0.15, -0.1) is 0 Å². The summed E-state index contributed by atoms with van der Waals surface area (Å²) in [7, 11) is 1.88. The number of nitrogens with one attached hydrogen (secondary N) is 1. The van der Waals surface area contributed by atoms with E-state index in [0.717, 1.165) is 37.9 Å². The van der Waals surface area contributed by atoms with Gasteiger partial charge in [-0.1, -0.05) is 30.9 Å². The van der Waals surface area contributed by atoms with E-state index in [4.69, 9.17) is 16.3 Å². The van der Waals surface area contributed by atoms with Gasteiger partial charge < -0.3 is 10.1 Å². The van der Waals surface area contributed by atoms with Crippen molar-refractivity contribution >= 4 is 17.5 Å². The van der Waals surface area contributed by atoms with E-state index < -0.39 is 5.54 Å². The first kappa shape index (κ1) is 19.6. The zero-order valence-corrected chi connectivity index (χ0v) is 15.7. The summed E-state index contributed by atoms with van der Waals surface area (Å²) in [6.45, 7) is 2.93. The molecule has 1 saturated carbocycles. The molecular weight excluding hydrogens is 338 g/mol. The van der Waals surface area contributed by atoms with Crippen LogP contribution in [0.5, 0.6) is 5.75 Å². The molecule has 5 nitrogen and oxygen atoms in total. The van der Waals surface area contributed by atoms with Gasteiger partial charge in [0.25, 0.3) is 0 Å². The summed E-state index contributed by atoms with van der Waals surface area (Å²) < 4.78 is 5.67. The second-order valence-corrected chi connectivity index (χ2v) is 7.14. The van der Waals surface area contributed by atoms with Crippen molar-refractivity contribution in [2.75, 3.05) is 20.2 Å². The van der Waals surface area contributed by atoms with Crippen LogP contribution in [0, 0.1) is 11.3 Å². The van der Waals surface area contributed by atoms with Gasteiger partial charge in [0.1, 0.15) is 17.9 Å². The number of carbonyl (C=O) groups excluding carboxylic acids is 1. The number of halogens is 1. The molecule has 1 fully saturated rings. The van der Waals surface area contributed by atoms with Crippen LogP contribution < -0.4 is 10.1 Å². The molecule has 0 aromatic heterocycles. The maximum atomic E-state index is 12.5. The fourth-order valence-electron chi connectivity index (χ4n) is 2.99. The minimum atomic E-state index is -0.690. The third kappa shape index (κ3) is 5.62. The maximum Gasteiger partial charge on any atom is 0.238 e. The Morgan fingerprint density at radius 2 is 2.00 bits per heavy atom. The van der Waals surface area contributed by atoms with Crippen molar-refractivity contribution in [3.05, 3.63) is 29.3 Å². The molecule has 0 bridgehead atoms. The molecule has 1 N–H and O–H groups in total. The molecule has 1 aromatic rings. The highest BCUT2D eigenvalue weighted by atomic mass is 35.5. The van der Waals surface area contributed by atoms with Gasteiger partial charge in [-0.05, 0) is 51.1 Å². The number of hydrogen-bond donors (Lipinski definition) is 1. The van der Waals surface area contributed by atoms with Crippen LogP contribution >= 0.6 is 11.6 Å². The number of benzene rings is 1. The van der Waals surface area contributed by atoms with Gasteiger partial charge in [-0.3, -0.25) is 9.69 Å². The lowest BCUT2D eigenvalue weighted by atomic mass is 9.82. The van der Waals surface area contributed by atoms with E-state index in [1.165, 1.54) is 0 Å². The lowest BCUT2D eigenvalue weighted by Gasteiger charge is -2.34. The lowest BCUT2D eigenvalue weighted by molar-refractivity contribution is -0.127. The van der Waals surface area contributed by atoms with Crippen LogP contribution in [0.2, 0.25) is 5.02 Å². The third-order valence-corrected chi connectivity index (χ3v) is 5.10. The average Bonchev–Trinajstić information content (AvgIpc) is 2.63. The standard InChI is InChI=1S/C19H26ClN3O2/c1-15(18(24)22-19(14-21)10-4-3-5-11-19)23(2)12-13-25-17-8-6-16(20)7-9-17/h6-9,15H,3-5,10-13H2,1-2H3,(H,22,24)/t15-/m1/s1. The van der Waals surface area contributed by atoms with E-state index in [2.05, 4.69) is 11.4 Å². The van der Waals surface area contributed by atoms with Crippen LogP contribution in [-0.2, 0) is 4.79 Å². The Bertz CT molecular complexity index is 606. The monoisotopic (exact) mass is 363 g/mol. The number of hydrogen-bond acceptors (Lipinski definition) is 4. The Hall–Kier alpha value is -1.77. The molecule has 1 aliphatic carbocycles. The largest absolute Gasteiger partial charge is 0.492 e. The van der Waals surface area contributed by atoms with Gasteiger partial charge in [0.15, 0.2) is 0 Å². The molecule has 0 unspecified atom stereocenters. The summed E-state index contributed by atoms with van der Waals surface area (Å²) in [5.74, 6) is 0.651. The van der Waals surface area contributed by atoms with Crippen LogP contribution in [0.25, 0.3) is 0 Å². The minimum Gasteiger partial charge on any atom is -0.492 e. The maximum absolute atomic E-state index is 12.5. The molecule has 0 saturated heterocycles. The topological polar surface area (TPSA) is 65.4 Å². The van der Waals surface area contributed by atoms with Crippen molar-refractivity contribution in [1.82, 2.24) is 10.2 Å². The fourth-order valence-corrected chi connectivity index (χ4v) is 3.12. The van der Waals surface area contributed by atoms with Gasteiger partial charge in [-0.2, -0.15) is 5.26 Å². The summed E-state index contributed by atoms with van der Waals surface area (Å²) in [5.41, 5.74) is -0.690. The van der Waals surface area contributed by atoms with E-state index in [1.807, 2.05) is 31.0 Å². The lowest BCUT2D eigenvalue weighted by Crippen LogP contribution is -2.54. The predicted molar refractivity (Wildman–Crippen MR) is 98.6 cm³/mol. The molecule has 1 atom stereocenters. The Labute approximate surface area is 154 Å². The van der Waals surface area contributed by atoms with E-state index in [1.54, 1.807) is 12.1 Å². The van der Waals surface area contributed by atoms with Crippen LogP contribution in [0.1, 0.15) is 39.0 Å². The number of nitrogens with zero attached hydrogens (tertiary/aromatic N) is 2. The van der Waals surface area contributed by atoms with E-state index in [-0.39, 0.29) is 11.9 Å². The number of ether oxygens (including phenoxy) is 1. The first-order valence-electron chi connectivity index (χ1n) is 8.78. The smallest absolute Gasteiger partial charge is 0.238 e. The van der Waals surface area contributed by atoms with Gasteiger partial charge in [-0.25, -0.2) is 0 Å². The minimum absolute atomic E-state index is 0.0996. The summed E-state index contributed by atoms with van der Waals surface area (Å²) in [6.07, 6.45) is 4.60.